The van der Waals surface area contributed by atoms with Crippen LogP contribution < -0.4 is 0 Å². The van der Waals surface area contributed by atoms with Gasteiger partial charge in [0.1, 0.15) is 6.10 Å². The first-order valence-corrected chi connectivity index (χ1v) is 5.53. The third kappa shape index (κ3) is 6.21. The average molecular weight is 187 g/mol. The quantitative estimate of drug-likeness (QED) is 0.490. The van der Waals surface area contributed by atoms with Crippen LogP contribution >= 0.6 is 28.6 Å². The second-order valence-corrected chi connectivity index (χ2v) is 5.56. The van der Waals surface area contributed by atoms with Crippen LogP contribution in [-0.4, -0.2) is 6.10 Å². The zero-order valence-corrected chi connectivity index (χ0v) is 7.08. The van der Waals surface area contributed by atoms with Crippen molar-refractivity contribution in [1.29, 1.82) is 0 Å². The summed E-state index contributed by atoms with van der Waals surface area (Å²) in [7, 11) is 0. The van der Waals surface area contributed by atoms with Gasteiger partial charge in [0.2, 0.25) is 0 Å². The molecule has 0 aromatic heterocycles. The Morgan fingerprint density at radius 1 is 1.78 bits per heavy atom. The van der Waals surface area contributed by atoms with Gasteiger partial charge in [0, 0.05) is 0 Å². The topological polar surface area (TPSA) is 26.3 Å². The normalized spacial score (nSPS) is 14.4. The molecule has 0 heterocycles. The molecule has 0 amide bonds. The summed E-state index contributed by atoms with van der Waals surface area (Å²) in [4.78, 5) is 0. The Bertz CT molecular complexity index is 168. The number of terminal acetylenes is 1. The Labute approximate surface area is 63.5 Å². The van der Waals surface area contributed by atoms with Crippen molar-refractivity contribution in [1.82, 2.24) is 0 Å². The van der Waals surface area contributed by atoms with E-state index in [0.717, 1.165) is 0 Å². The van der Waals surface area contributed by atoms with Crippen molar-refractivity contribution >= 4 is 28.6 Å². The first-order chi connectivity index (χ1) is 3.95. The van der Waals surface area contributed by atoms with Crippen LogP contribution in [0.2, 0.25) is 0 Å². The fraction of sp³-hybridized carbons (Fsp3) is 0.500. The fourth-order valence-electron chi connectivity index (χ4n) is 0.215. The Morgan fingerprint density at radius 2 is 2.22 bits per heavy atom. The van der Waals surface area contributed by atoms with E-state index < -0.39 is 12.2 Å². The average Bonchev–Trinajstić information content (AvgIpc) is 1.62. The van der Waals surface area contributed by atoms with Gasteiger partial charge in [-0.3, -0.25) is 9.09 Å². The van der Waals surface area contributed by atoms with Gasteiger partial charge in [-0.2, -0.15) is 0 Å². The van der Waals surface area contributed by atoms with Crippen molar-refractivity contribution in [3.63, 3.8) is 0 Å². The highest BCUT2D eigenvalue weighted by molar-refractivity contribution is 8.05. The lowest BCUT2D eigenvalue weighted by molar-refractivity contribution is 0.296. The minimum atomic E-state index is -3.44. The Morgan fingerprint density at radius 3 is 2.33 bits per heavy atom. The fourth-order valence-corrected chi connectivity index (χ4v) is 1.36. The van der Waals surface area contributed by atoms with Gasteiger partial charge in [-0.15, -0.1) is 6.42 Å². The zero-order chi connectivity index (χ0) is 7.49. The largest absolute Gasteiger partial charge is 0.381 e. The predicted octanol–water partition coefficient (Wildman–Crippen LogP) is 2.61. The summed E-state index contributed by atoms with van der Waals surface area (Å²) in [6.07, 6.45) is 0.824. The molecule has 52 valence electrons. The number of hydrogen-bond acceptors (Lipinski definition) is 2. The molecule has 0 saturated carbocycles. The SMILES string of the molecule is C#CC(C)OP(=O)(Cl)Cl. The van der Waals surface area contributed by atoms with Crippen molar-refractivity contribution in [2.75, 3.05) is 0 Å². The molecule has 0 aromatic rings. The lowest BCUT2D eigenvalue weighted by atomic mass is 10.4. The molecule has 0 aliphatic carbocycles. The predicted molar refractivity (Wildman–Crippen MR) is 38.7 cm³/mol. The van der Waals surface area contributed by atoms with E-state index in [4.69, 9.17) is 28.9 Å². The van der Waals surface area contributed by atoms with Gasteiger partial charge in [-0.05, 0) is 29.4 Å². The van der Waals surface area contributed by atoms with Crippen LogP contribution in [-0.2, 0) is 9.09 Å². The summed E-state index contributed by atoms with van der Waals surface area (Å²) in [6, 6.07) is 0. The molecule has 0 fully saturated rings. The minimum absolute atomic E-state index is 0.606. The molecule has 1 atom stereocenters. The number of halogens is 2. The lowest BCUT2D eigenvalue weighted by Gasteiger charge is -2.04. The van der Waals surface area contributed by atoms with Crippen LogP contribution in [0.15, 0.2) is 0 Å². The highest BCUT2D eigenvalue weighted by atomic mass is 35.9. The summed E-state index contributed by atoms with van der Waals surface area (Å²) < 4.78 is 14.8. The van der Waals surface area contributed by atoms with E-state index in [-0.39, 0.29) is 0 Å². The third-order valence-corrected chi connectivity index (χ3v) is 1.56. The molecule has 0 spiro atoms. The van der Waals surface area contributed by atoms with Crippen LogP contribution in [0.3, 0.4) is 0 Å². The summed E-state index contributed by atoms with van der Waals surface area (Å²) >= 11 is 10.0. The molecule has 0 bridgehead atoms. The van der Waals surface area contributed by atoms with E-state index in [1.807, 2.05) is 0 Å². The van der Waals surface area contributed by atoms with E-state index in [2.05, 4.69) is 10.4 Å². The second kappa shape index (κ2) is 3.49. The van der Waals surface area contributed by atoms with E-state index in [1.165, 1.54) is 6.92 Å². The van der Waals surface area contributed by atoms with Crippen molar-refractivity contribution in [3.05, 3.63) is 0 Å². The summed E-state index contributed by atoms with van der Waals surface area (Å²) in [5, 5.41) is 0. The highest BCUT2D eigenvalue weighted by Gasteiger charge is 2.16. The molecule has 0 saturated heterocycles. The maximum atomic E-state index is 10.4. The van der Waals surface area contributed by atoms with E-state index >= 15 is 0 Å². The van der Waals surface area contributed by atoms with E-state index in [1.54, 1.807) is 0 Å². The third-order valence-electron chi connectivity index (χ3n) is 0.516. The number of rotatable bonds is 2. The summed E-state index contributed by atoms with van der Waals surface area (Å²) in [5.41, 5.74) is 0. The Hall–Kier alpha value is 0.330. The molecule has 0 aliphatic heterocycles. The standard InChI is InChI=1S/C4H5Cl2O2P/c1-3-4(2)8-9(5,6)7/h1,4H,2H3. The first kappa shape index (κ1) is 9.33. The van der Waals surface area contributed by atoms with E-state index in [0.29, 0.717) is 0 Å². The molecular formula is C4H5Cl2O2P. The maximum Gasteiger partial charge on any atom is 0.381 e. The molecule has 0 rings (SSSR count). The monoisotopic (exact) mass is 186 g/mol. The van der Waals surface area contributed by atoms with Gasteiger partial charge in [0.05, 0.1) is 0 Å². The Balaban J connectivity index is 3.78. The second-order valence-electron chi connectivity index (χ2n) is 1.33. The smallest absolute Gasteiger partial charge is 0.290 e. The van der Waals surface area contributed by atoms with Crippen molar-refractivity contribution in [2.24, 2.45) is 0 Å². The van der Waals surface area contributed by atoms with Crippen molar-refractivity contribution in [3.8, 4) is 12.3 Å². The van der Waals surface area contributed by atoms with Crippen LogP contribution in [0.5, 0.6) is 0 Å². The van der Waals surface area contributed by atoms with Crippen molar-refractivity contribution in [2.45, 2.75) is 13.0 Å². The minimum Gasteiger partial charge on any atom is -0.290 e. The van der Waals surface area contributed by atoms with Gasteiger partial charge in [-0.25, -0.2) is 0 Å². The summed E-state index contributed by atoms with van der Waals surface area (Å²) in [5.74, 6) is 2.16. The first-order valence-electron chi connectivity index (χ1n) is 2.09. The lowest BCUT2D eigenvalue weighted by Crippen LogP contribution is -1.97. The van der Waals surface area contributed by atoms with Crippen molar-refractivity contribution < 1.29 is 9.09 Å². The molecule has 0 aromatic carbocycles. The molecule has 5 heteroatoms. The molecule has 9 heavy (non-hydrogen) atoms. The van der Waals surface area contributed by atoms with Gasteiger partial charge < -0.3 is 0 Å². The van der Waals surface area contributed by atoms with Gasteiger partial charge in [0.25, 0.3) is 0 Å². The zero-order valence-electron chi connectivity index (χ0n) is 4.67. The molecule has 0 N–H and O–H groups in total. The van der Waals surface area contributed by atoms with Crippen LogP contribution in [0.1, 0.15) is 6.92 Å². The number of hydrogen-bond donors (Lipinski definition) is 0. The maximum absolute atomic E-state index is 10.4. The van der Waals surface area contributed by atoms with Crippen LogP contribution in [0.4, 0.5) is 0 Å². The highest BCUT2D eigenvalue weighted by Crippen LogP contribution is 2.58. The molecule has 1 unspecified atom stereocenters. The molecule has 0 aliphatic rings. The molecular weight excluding hydrogens is 182 g/mol. The van der Waals surface area contributed by atoms with Crippen LogP contribution in [0.25, 0.3) is 0 Å². The summed E-state index contributed by atoms with van der Waals surface area (Å²) in [6.45, 7) is 1.53. The van der Waals surface area contributed by atoms with E-state index in [9.17, 15) is 4.57 Å². The molecule has 0 radical (unpaired) electrons. The Kier molecular flexibility index (Phi) is 3.61. The molecule has 2 nitrogen and oxygen atoms in total. The van der Waals surface area contributed by atoms with Gasteiger partial charge in [0.15, 0.2) is 0 Å². The van der Waals surface area contributed by atoms with Gasteiger partial charge in [-0.1, -0.05) is 5.92 Å². The van der Waals surface area contributed by atoms with Crippen LogP contribution in [0, 0.1) is 12.3 Å². The van der Waals surface area contributed by atoms with Gasteiger partial charge >= 0.3 is 6.07 Å².